The van der Waals surface area contributed by atoms with E-state index in [0.29, 0.717) is 13.0 Å². The summed E-state index contributed by atoms with van der Waals surface area (Å²) < 4.78 is 6.06. The van der Waals surface area contributed by atoms with E-state index in [2.05, 4.69) is 67.7 Å². The summed E-state index contributed by atoms with van der Waals surface area (Å²) in [6.45, 7) is 14.0. The molecule has 0 fully saturated rings. The third-order valence-corrected chi connectivity index (χ3v) is 4.92. The largest absolute Gasteiger partial charge is 0.493 e. The second kappa shape index (κ2) is 17.1. The Hall–Kier alpha value is -2.65. The molecule has 0 radical (unpaired) electrons. The highest BCUT2D eigenvalue weighted by atomic mass is 16.5. The van der Waals surface area contributed by atoms with Crippen molar-refractivity contribution in [2.75, 3.05) is 20.2 Å². The first-order valence-corrected chi connectivity index (χ1v) is 11.4. The van der Waals surface area contributed by atoms with Gasteiger partial charge in [-0.1, -0.05) is 68.5 Å². The van der Waals surface area contributed by atoms with E-state index in [9.17, 15) is 0 Å². The number of allylic oxidation sites excluding steroid dienone is 11. The fourth-order valence-electron chi connectivity index (χ4n) is 3.08. The summed E-state index contributed by atoms with van der Waals surface area (Å²) >= 11 is 0. The van der Waals surface area contributed by atoms with Gasteiger partial charge >= 0.3 is 0 Å². The minimum absolute atomic E-state index is 0.470. The molecular formula is C28H40N2O. The van der Waals surface area contributed by atoms with Crippen molar-refractivity contribution in [3.8, 4) is 0 Å². The molecule has 0 saturated carbocycles. The number of nitrogens with zero attached hydrogens (tertiary/aromatic N) is 1. The van der Waals surface area contributed by atoms with E-state index in [1.165, 1.54) is 19.3 Å². The van der Waals surface area contributed by atoms with E-state index in [1.807, 2.05) is 31.5 Å². The molecule has 1 N–H and O–H groups in total. The van der Waals surface area contributed by atoms with Crippen LogP contribution < -0.4 is 5.32 Å². The van der Waals surface area contributed by atoms with Gasteiger partial charge in [0.25, 0.3) is 0 Å². The Kier molecular flexibility index (Phi) is 14.5. The van der Waals surface area contributed by atoms with Gasteiger partial charge in [0, 0.05) is 18.8 Å². The highest BCUT2D eigenvalue weighted by molar-refractivity contribution is 5.62. The number of rotatable bonds is 15. The standard InChI is InChI=1S/C28H40N2O/c1-6-9-16-28(26(8-3)23-31-27-15-13-21-30-22-19-27)25(7-2)18-17-24(4)14-11-10-12-20-29-5/h7-9,13,15-18,21-22,29H,3-4,6,10-12,14,19-20,23H2,1-2,5H3/b16-9-,18-17-,25-7+,28-26-. The molecule has 1 aliphatic rings. The summed E-state index contributed by atoms with van der Waals surface area (Å²) in [6.07, 6.45) is 26.5. The Morgan fingerprint density at radius 2 is 2.06 bits per heavy atom. The second-order valence-electron chi connectivity index (χ2n) is 7.40. The SMILES string of the molecule is C=C/C(COC1=CC=CN=CC1)=C(\C=C/CC)C(/C=C\C(=C)CCCCCNC)=C/C. The smallest absolute Gasteiger partial charge is 0.113 e. The molecule has 3 heteroatoms. The van der Waals surface area contributed by atoms with Gasteiger partial charge in [0.05, 0.1) is 0 Å². The van der Waals surface area contributed by atoms with Crippen LogP contribution in [0.2, 0.25) is 0 Å². The summed E-state index contributed by atoms with van der Waals surface area (Å²) in [5.41, 5.74) is 4.51. The first kappa shape index (κ1) is 26.4. The van der Waals surface area contributed by atoms with E-state index >= 15 is 0 Å². The average molecular weight is 421 g/mol. The van der Waals surface area contributed by atoms with Gasteiger partial charge < -0.3 is 10.1 Å². The molecule has 0 atom stereocenters. The summed E-state index contributed by atoms with van der Waals surface area (Å²) in [7, 11) is 2.00. The summed E-state index contributed by atoms with van der Waals surface area (Å²) in [4.78, 5) is 4.15. The van der Waals surface area contributed by atoms with Gasteiger partial charge in [0.1, 0.15) is 12.4 Å². The topological polar surface area (TPSA) is 33.6 Å². The minimum atomic E-state index is 0.470. The minimum Gasteiger partial charge on any atom is -0.493 e. The molecule has 0 aliphatic carbocycles. The van der Waals surface area contributed by atoms with Gasteiger partial charge in [-0.25, -0.2) is 0 Å². The van der Waals surface area contributed by atoms with Gasteiger partial charge in [-0.2, -0.15) is 0 Å². The summed E-state index contributed by atoms with van der Waals surface area (Å²) in [6, 6.07) is 0. The Balaban J connectivity index is 2.90. The monoisotopic (exact) mass is 420 g/mol. The van der Waals surface area contributed by atoms with E-state index < -0.39 is 0 Å². The lowest BCUT2D eigenvalue weighted by molar-refractivity contribution is 0.239. The van der Waals surface area contributed by atoms with Crippen molar-refractivity contribution in [2.24, 2.45) is 4.99 Å². The van der Waals surface area contributed by atoms with Crippen molar-refractivity contribution in [1.29, 1.82) is 0 Å². The Labute approximate surface area is 190 Å². The molecule has 0 aromatic rings. The van der Waals surface area contributed by atoms with Crippen LogP contribution in [-0.2, 0) is 4.74 Å². The van der Waals surface area contributed by atoms with Gasteiger partial charge in [0.15, 0.2) is 0 Å². The highest BCUT2D eigenvalue weighted by Crippen LogP contribution is 2.22. The molecule has 31 heavy (non-hydrogen) atoms. The number of ether oxygens (including phenoxy) is 1. The highest BCUT2D eigenvalue weighted by Gasteiger charge is 2.07. The average Bonchev–Trinajstić information content (AvgIpc) is 3.06. The maximum absolute atomic E-state index is 6.06. The third-order valence-electron chi connectivity index (χ3n) is 4.92. The Morgan fingerprint density at radius 3 is 2.77 bits per heavy atom. The quantitative estimate of drug-likeness (QED) is 0.225. The molecule has 1 heterocycles. The van der Waals surface area contributed by atoms with E-state index in [1.54, 1.807) is 6.20 Å². The molecule has 168 valence electrons. The molecular weight excluding hydrogens is 380 g/mol. The number of nitrogens with one attached hydrogen (secondary N) is 1. The molecule has 0 saturated heterocycles. The van der Waals surface area contributed by atoms with Crippen molar-refractivity contribution in [3.05, 3.63) is 96.0 Å². The third kappa shape index (κ3) is 11.4. The van der Waals surface area contributed by atoms with Crippen LogP contribution >= 0.6 is 0 Å². The maximum Gasteiger partial charge on any atom is 0.113 e. The van der Waals surface area contributed by atoms with Crippen molar-refractivity contribution in [1.82, 2.24) is 5.32 Å². The van der Waals surface area contributed by atoms with Crippen LogP contribution in [0.5, 0.6) is 0 Å². The zero-order chi connectivity index (χ0) is 22.7. The Bertz CT molecular complexity index is 773. The zero-order valence-electron chi connectivity index (χ0n) is 19.7. The molecule has 3 nitrogen and oxygen atoms in total. The van der Waals surface area contributed by atoms with Crippen molar-refractivity contribution < 1.29 is 4.74 Å². The van der Waals surface area contributed by atoms with Crippen LogP contribution in [0.4, 0.5) is 0 Å². The molecule has 0 unspecified atom stereocenters. The van der Waals surface area contributed by atoms with E-state index in [0.717, 1.165) is 47.4 Å². The second-order valence-corrected chi connectivity index (χ2v) is 7.40. The molecule has 0 amide bonds. The number of aliphatic imine (C=N–C) groups is 1. The molecule has 0 aromatic heterocycles. The molecule has 0 spiro atoms. The van der Waals surface area contributed by atoms with Crippen LogP contribution in [0, 0.1) is 0 Å². The number of hydrogen-bond donors (Lipinski definition) is 1. The maximum atomic E-state index is 6.06. The van der Waals surface area contributed by atoms with E-state index in [4.69, 9.17) is 4.74 Å². The van der Waals surface area contributed by atoms with Gasteiger partial charge in [-0.3, -0.25) is 4.99 Å². The lowest BCUT2D eigenvalue weighted by Gasteiger charge is -2.14. The number of unbranched alkanes of at least 4 members (excludes halogenated alkanes) is 2. The lowest BCUT2D eigenvalue weighted by atomic mass is 9.97. The van der Waals surface area contributed by atoms with Crippen LogP contribution in [0.25, 0.3) is 0 Å². The predicted molar refractivity (Wildman–Crippen MR) is 137 cm³/mol. The van der Waals surface area contributed by atoms with Gasteiger partial charge in [0.2, 0.25) is 0 Å². The molecule has 0 aromatic carbocycles. The van der Waals surface area contributed by atoms with Crippen molar-refractivity contribution in [2.45, 2.75) is 52.4 Å². The van der Waals surface area contributed by atoms with Crippen LogP contribution in [0.3, 0.4) is 0 Å². The van der Waals surface area contributed by atoms with Crippen molar-refractivity contribution >= 4 is 6.21 Å². The predicted octanol–water partition coefficient (Wildman–Crippen LogP) is 7.16. The number of hydrogen-bond acceptors (Lipinski definition) is 3. The summed E-state index contributed by atoms with van der Waals surface area (Å²) in [5.74, 6) is 0.903. The van der Waals surface area contributed by atoms with Crippen LogP contribution in [-0.4, -0.2) is 26.4 Å². The molecule has 1 rings (SSSR count). The fraction of sp³-hybridized carbons (Fsp3) is 0.393. The van der Waals surface area contributed by atoms with Crippen LogP contribution in [0.15, 0.2) is 101 Å². The summed E-state index contributed by atoms with van der Waals surface area (Å²) in [5, 5.41) is 3.20. The van der Waals surface area contributed by atoms with Gasteiger partial charge in [-0.05, 0) is 75.1 Å². The lowest BCUT2D eigenvalue weighted by Crippen LogP contribution is -2.06. The van der Waals surface area contributed by atoms with E-state index in [-0.39, 0.29) is 0 Å². The zero-order valence-corrected chi connectivity index (χ0v) is 19.7. The van der Waals surface area contributed by atoms with Crippen LogP contribution in [0.1, 0.15) is 52.4 Å². The van der Waals surface area contributed by atoms with Gasteiger partial charge in [-0.15, -0.1) is 0 Å². The first-order valence-electron chi connectivity index (χ1n) is 11.4. The molecule has 0 bridgehead atoms. The van der Waals surface area contributed by atoms with Crippen molar-refractivity contribution in [3.63, 3.8) is 0 Å². The normalized spacial score (nSPS) is 15.2. The molecule has 1 aliphatic heterocycles. The Morgan fingerprint density at radius 1 is 1.23 bits per heavy atom. The fourth-order valence-corrected chi connectivity index (χ4v) is 3.08. The first-order chi connectivity index (χ1) is 15.2.